The molecule has 0 amide bonds. The number of carbonyl (C=O) groups excluding carboxylic acids is 1. The van der Waals surface area contributed by atoms with E-state index in [1.807, 2.05) is 48.5 Å². The van der Waals surface area contributed by atoms with E-state index in [2.05, 4.69) is 0 Å². The number of nitrogens with zero attached hydrogens (tertiary/aromatic N) is 1. The normalized spacial score (nSPS) is 14.3. The van der Waals surface area contributed by atoms with Crippen molar-refractivity contribution >= 4 is 15.8 Å². The van der Waals surface area contributed by atoms with E-state index in [1.54, 1.807) is 12.1 Å². The van der Waals surface area contributed by atoms with Crippen molar-refractivity contribution in [1.29, 1.82) is 0 Å². The second-order valence-corrected chi connectivity index (χ2v) is 9.63. The fourth-order valence-corrected chi connectivity index (χ4v) is 4.99. The first kappa shape index (κ1) is 22.2. The highest BCUT2D eigenvalue weighted by Gasteiger charge is 2.28. The summed E-state index contributed by atoms with van der Waals surface area (Å²) in [6, 6.07) is 21.7. The molecule has 32 heavy (non-hydrogen) atoms. The van der Waals surface area contributed by atoms with Gasteiger partial charge in [0.2, 0.25) is 10.0 Å². The minimum absolute atomic E-state index is 0.104. The number of Topliss-reactive ketones (excluding diaryl/α,β-unsaturated/α-hetero) is 1. The molecule has 0 saturated carbocycles. The fraction of sp³-hybridized carbons (Fsp3) is 0.240. The van der Waals surface area contributed by atoms with Crippen LogP contribution in [-0.2, 0) is 34.5 Å². The maximum Gasteiger partial charge on any atom is 0.243 e. The van der Waals surface area contributed by atoms with Gasteiger partial charge in [-0.05, 0) is 42.3 Å². The molecule has 1 aliphatic rings. The Labute approximate surface area is 188 Å². The lowest BCUT2D eigenvalue weighted by atomic mass is 10.1. The molecule has 0 radical (unpaired) electrons. The van der Waals surface area contributed by atoms with Gasteiger partial charge < -0.3 is 9.47 Å². The summed E-state index contributed by atoms with van der Waals surface area (Å²) in [6.45, 7) is 3.09. The molecule has 1 heterocycles. The molecule has 0 spiro atoms. The molecule has 0 fully saturated rings. The minimum atomic E-state index is -3.73. The first-order valence-electron chi connectivity index (χ1n) is 10.4. The highest BCUT2D eigenvalue weighted by atomic mass is 32.2. The summed E-state index contributed by atoms with van der Waals surface area (Å²) >= 11 is 0. The fourth-order valence-electron chi connectivity index (χ4n) is 3.59. The van der Waals surface area contributed by atoms with Crippen LogP contribution in [0.25, 0.3) is 0 Å². The first-order chi connectivity index (χ1) is 15.4. The van der Waals surface area contributed by atoms with Crippen LogP contribution in [0.1, 0.15) is 34.0 Å². The van der Waals surface area contributed by atoms with E-state index in [0.29, 0.717) is 24.5 Å². The number of sulfonamides is 1. The maximum absolute atomic E-state index is 13.2. The van der Waals surface area contributed by atoms with Crippen molar-refractivity contribution in [3.8, 4) is 5.75 Å². The SMILES string of the molecule is CC(=O)c1ccc(S(=O)(=O)N2CCOc3ccc(COCc4ccccc4)cc3C2)cc1. The van der Waals surface area contributed by atoms with Crippen LogP contribution >= 0.6 is 0 Å². The largest absolute Gasteiger partial charge is 0.492 e. The molecule has 0 aromatic heterocycles. The van der Waals surface area contributed by atoms with E-state index in [-0.39, 0.29) is 30.4 Å². The van der Waals surface area contributed by atoms with Gasteiger partial charge in [0.1, 0.15) is 12.4 Å². The summed E-state index contributed by atoms with van der Waals surface area (Å²) < 4.78 is 39.4. The molecule has 0 unspecified atom stereocenters. The van der Waals surface area contributed by atoms with Gasteiger partial charge in [0.25, 0.3) is 0 Å². The second kappa shape index (κ2) is 9.65. The predicted octanol–water partition coefficient (Wildman–Crippen LogP) is 4.19. The number of rotatable bonds is 7. The number of carbonyl (C=O) groups is 1. The number of hydrogen-bond acceptors (Lipinski definition) is 5. The summed E-state index contributed by atoms with van der Waals surface area (Å²) in [5.41, 5.74) is 3.33. The summed E-state index contributed by atoms with van der Waals surface area (Å²) in [5, 5.41) is 0. The van der Waals surface area contributed by atoms with Crippen molar-refractivity contribution in [1.82, 2.24) is 4.31 Å². The van der Waals surface area contributed by atoms with E-state index in [9.17, 15) is 13.2 Å². The summed E-state index contributed by atoms with van der Waals surface area (Å²) in [5.74, 6) is 0.578. The molecule has 3 aromatic rings. The predicted molar refractivity (Wildman–Crippen MR) is 121 cm³/mol. The summed E-state index contributed by atoms with van der Waals surface area (Å²) in [4.78, 5) is 11.7. The van der Waals surface area contributed by atoms with Crippen LogP contribution in [-0.4, -0.2) is 31.7 Å². The molecule has 0 N–H and O–H groups in total. The average Bonchev–Trinajstić information content (AvgIpc) is 3.02. The van der Waals surface area contributed by atoms with Crippen molar-refractivity contribution in [2.75, 3.05) is 13.2 Å². The Balaban J connectivity index is 1.49. The average molecular weight is 452 g/mol. The van der Waals surface area contributed by atoms with Crippen LogP contribution in [0.4, 0.5) is 0 Å². The number of hydrogen-bond donors (Lipinski definition) is 0. The molecule has 7 heteroatoms. The zero-order chi connectivity index (χ0) is 22.6. The molecule has 0 aliphatic carbocycles. The molecular weight excluding hydrogens is 426 g/mol. The van der Waals surface area contributed by atoms with Gasteiger partial charge in [-0.1, -0.05) is 48.5 Å². The molecule has 6 nitrogen and oxygen atoms in total. The van der Waals surface area contributed by atoms with E-state index < -0.39 is 10.0 Å². The van der Waals surface area contributed by atoms with Crippen LogP contribution in [0.3, 0.4) is 0 Å². The van der Waals surface area contributed by atoms with Gasteiger partial charge in [0.15, 0.2) is 5.78 Å². The van der Waals surface area contributed by atoms with Gasteiger partial charge in [-0.25, -0.2) is 8.42 Å². The summed E-state index contributed by atoms with van der Waals surface area (Å²) in [6.07, 6.45) is 0. The zero-order valence-electron chi connectivity index (χ0n) is 17.9. The third kappa shape index (κ3) is 5.07. The smallest absolute Gasteiger partial charge is 0.243 e. The maximum atomic E-state index is 13.2. The van der Waals surface area contributed by atoms with Crippen LogP contribution in [0.2, 0.25) is 0 Å². The van der Waals surface area contributed by atoms with Crippen molar-refractivity contribution in [3.63, 3.8) is 0 Å². The number of ketones is 1. The lowest BCUT2D eigenvalue weighted by Gasteiger charge is -2.20. The third-order valence-electron chi connectivity index (χ3n) is 5.35. The van der Waals surface area contributed by atoms with E-state index >= 15 is 0 Å². The molecule has 0 atom stereocenters. The van der Waals surface area contributed by atoms with Gasteiger partial charge in [0, 0.05) is 24.2 Å². The lowest BCUT2D eigenvalue weighted by Crippen LogP contribution is -2.32. The number of ether oxygens (including phenoxy) is 2. The molecular formula is C25H25NO5S. The van der Waals surface area contributed by atoms with Crippen LogP contribution in [0.15, 0.2) is 77.7 Å². The van der Waals surface area contributed by atoms with Gasteiger partial charge >= 0.3 is 0 Å². The molecule has 0 bridgehead atoms. The quantitative estimate of drug-likeness (QED) is 0.504. The van der Waals surface area contributed by atoms with Gasteiger partial charge in [0.05, 0.1) is 18.1 Å². The zero-order valence-corrected chi connectivity index (χ0v) is 18.7. The Hall–Kier alpha value is -3.00. The summed E-state index contributed by atoms with van der Waals surface area (Å²) in [7, 11) is -3.73. The Morgan fingerprint density at radius 2 is 1.69 bits per heavy atom. The monoisotopic (exact) mass is 451 g/mol. The lowest BCUT2D eigenvalue weighted by molar-refractivity contribution is 0.101. The Kier molecular flexibility index (Phi) is 6.69. The highest BCUT2D eigenvalue weighted by molar-refractivity contribution is 7.89. The standard InChI is InChI=1S/C25H25NO5S/c1-19(27)22-8-10-24(11-9-22)32(28,29)26-13-14-31-25-12-7-21(15-23(25)16-26)18-30-17-20-5-3-2-4-6-20/h2-12,15H,13-14,16-18H2,1H3. The van der Waals surface area contributed by atoms with Crippen molar-refractivity contribution in [2.24, 2.45) is 0 Å². The van der Waals surface area contributed by atoms with Crippen molar-refractivity contribution in [2.45, 2.75) is 31.6 Å². The number of fused-ring (bicyclic) bond motifs is 1. The molecule has 1 aliphatic heterocycles. The van der Waals surface area contributed by atoms with Crippen molar-refractivity contribution in [3.05, 3.63) is 95.1 Å². The minimum Gasteiger partial charge on any atom is -0.492 e. The Bertz CT molecular complexity index is 1190. The van der Waals surface area contributed by atoms with Crippen LogP contribution < -0.4 is 4.74 Å². The third-order valence-corrected chi connectivity index (χ3v) is 7.21. The van der Waals surface area contributed by atoms with Crippen molar-refractivity contribution < 1.29 is 22.7 Å². The second-order valence-electron chi connectivity index (χ2n) is 7.69. The van der Waals surface area contributed by atoms with Gasteiger partial charge in [-0.3, -0.25) is 4.79 Å². The molecule has 166 valence electrons. The van der Waals surface area contributed by atoms with E-state index in [1.165, 1.54) is 23.4 Å². The highest BCUT2D eigenvalue weighted by Crippen LogP contribution is 2.28. The number of benzene rings is 3. The molecule has 4 rings (SSSR count). The topological polar surface area (TPSA) is 72.9 Å². The van der Waals surface area contributed by atoms with Gasteiger partial charge in [-0.2, -0.15) is 4.31 Å². The van der Waals surface area contributed by atoms with Crippen LogP contribution in [0, 0.1) is 0 Å². The van der Waals surface area contributed by atoms with Crippen LogP contribution in [0.5, 0.6) is 5.75 Å². The molecule has 3 aromatic carbocycles. The first-order valence-corrected chi connectivity index (χ1v) is 11.8. The van der Waals surface area contributed by atoms with Gasteiger partial charge in [-0.15, -0.1) is 0 Å². The molecule has 0 saturated heterocycles. The van der Waals surface area contributed by atoms with E-state index in [0.717, 1.165) is 16.7 Å². The Morgan fingerprint density at radius 1 is 0.969 bits per heavy atom. The Morgan fingerprint density at radius 3 is 2.41 bits per heavy atom. The van der Waals surface area contributed by atoms with E-state index in [4.69, 9.17) is 9.47 Å².